The standard InChI is InChI=1S/C14H26N2O/c1-11(2)8-14(5-3-6-14)13(17)16-7-4-12(9-15)10-16/h11-12H,3-10,15H2,1-2H3. The molecule has 2 N–H and O–H groups in total. The number of amides is 1. The van der Waals surface area contributed by atoms with Gasteiger partial charge in [0.15, 0.2) is 0 Å². The second-order valence-corrected chi connectivity index (χ2v) is 6.37. The summed E-state index contributed by atoms with van der Waals surface area (Å²) in [6, 6.07) is 0. The van der Waals surface area contributed by atoms with Crippen LogP contribution in [-0.2, 0) is 4.79 Å². The number of nitrogens with zero attached hydrogens (tertiary/aromatic N) is 1. The molecule has 2 fully saturated rings. The topological polar surface area (TPSA) is 46.3 Å². The van der Waals surface area contributed by atoms with E-state index in [1.165, 1.54) is 6.42 Å². The van der Waals surface area contributed by atoms with Gasteiger partial charge in [0.25, 0.3) is 0 Å². The summed E-state index contributed by atoms with van der Waals surface area (Å²) in [6.45, 7) is 7.00. The highest BCUT2D eigenvalue weighted by molar-refractivity contribution is 5.83. The van der Waals surface area contributed by atoms with Crippen molar-refractivity contribution in [1.82, 2.24) is 4.90 Å². The summed E-state index contributed by atoms with van der Waals surface area (Å²) >= 11 is 0. The average molecular weight is 238 g/mol. The van der Waals surface area contributed by atoms with Gasteiger partial charge in [-0.15, -0.1) is 0 Å². The Bertz CT molecular complexity index is 284. The molecule has 0 bridgehead atoms. The van der Waals surface area contributed by atoms with Crippen molar-refractivity contribution in [2.24, 2.45) is 23.0 Å². The molecule has 1 heterocycles. The van der Waals surface area contributed by atoms with Gasteiger partial charge >= 0.3 is 0 Å². The largest absolute Gasteiger partial charge is 0.342 e. The molecular weight excluding hydrogens is 212 g/mol. The second kappa shape index (κ2) is 4.97. The number of hydrogen-bond donors (Lipinski definition) is 1. The van der Waals surface area contributed by atoms with Crippen molar-refractivity contribution in [2.75, 3.05) is 19.6 Å². The minimum atomic E-state index is -0.00233. The van der Waals surface area contributed by atoms with Crippen molar-refractivity contribution in [2.45, 2.75) is 46.0 Å². The maximum atomic E-state index is 12.6. The van der Waals surface area contributed by atoms with Gasteiger partial charge in [-0.2, -0.15) is 0 Å². The van der Waals surface area contributed by atoms with Gasteiger partial charge in [-0.05, 0) is 44.1 Å². The van der Waals surface area contributed by atoms with E-state index in [1.807, 2.05) is 0 Å². The molecule has 1 atom stereocenters. The van der Waals surface area contributed by atoms with E-state index < -0.39 is 0 Å². The molecule has 2 aliphatic rings. The van der Waals surface area contributed by atoms with Crippen LogP contribution in [0.15, 0.2) is 0 Å². The fourth-order valence-corrected chi connectivity index (χ4v) is 3.44. The molecule has 0 radical (unpaired) electrons. The third kappa shape index (κ3) is 2.49. The predicted octanol–water partition coefficient (Wildman–Crippen LogP) is 2.01. The zero-order valence-corrected chi connectivity index (χ0v) is 11.2. The molecule has 0 spiro atoms. The first kappa shape index (κ1) is 12.9. The smallest absolute Gasteiger partial charge is 0.228 e. The lowest BCUT2D eigenvalue weighted by Gasteiger charge is -2.44. The molecule has 3 nitrogen and oxygen atoms in total. The first-order valence-electron chi connectivity index (χ1n) is 7.07. The number of carbonyl (C=O) groups excluding carboxylic acids is 1. The number of nitrogens with two attached hydrogens (primary N) is 1. The van der Waals surface area contributed by atoms with E-state index >= 15 is 0 Å². The maximum Gasteiger partial charge on any atom is 0.228 e. The lowest BCUT2D eigenvalue weighted by molar-refractivity contribution is -0.148. The SMILES string of the molecule is CC(C)CC1(C(=O)N2CCC(CN)C2)CCC1. The Balaban J connectivity index is 1.98. The van der Waals surface area contributed by atoms with E-state index in [9.17, 15) is 4.79 Å². The monoisotopic (exact) mass is 238 g/mol. The summed E-state index contributed by atoms with van der Waals surface area (Å²) in [5, 5.41) is 0. The van der Waals surface area contributed by atoms with Crippen LogP contribution in [0.25, 0.3) is 0 Å². The maximum absolute atomic E-state index is 12.6. The van der Waals surface area contributed by atoms with E-state index in [2.05, 4.69) is 18.7 Å². The first-order valence-corrected chi connectivity index (χ1v) is 7.07. The quantitative estimate of drug-likeness (QED) is 0.814. The van der Waals surface area contributed by atoms with Gasteiger partial charge in [0.05, 0.1) is 0 Å². The molecule has 17 heavy (non-hydrogen) atoms. The molecular formula is C14H26N2O. The third-order valence-corrected chi connectivity index (χ3v) is 4.47. The summed E-state index contributed by atoms with van der Waals surface area (Å²) in [5.41, 5.74) is 5.69. The molecule has 1 aliphatic heterocycles. The highest BCUT2D eigenvalue weighted by atomic mass is 16.2. The van der Waals surface area contributed by atoms with Crippen LogP contribution in [0.4, 0.5) is 0 Å². The van der Waals surface area contributed by atoms with Crippen LogP contribution in [0.1, 0.15) is 46.0 Å². The van der Waals surface area contributed by atoms with Crippen molar-refractivity contribution in [1.29, 1.82) is 0 Å². The predicted molar refractivity (Wildman–Crippen MR) is 69.5 cm³/mol. The highest BCUT2D eigenvalue weighted by Gasteiger charge is 2.47. The lowest BCUT2D eigenvalue weighted by atomic mass is 9.63. The molecule has 1 amide bonds. The fourth-order valence-electron chi connectivity index (χ4n) is 3.44. The Kier molecular flexibility index (Phi) is 3.76. The van der Waals surface area contributed by atoms with E-state index in [0.29, 0.717) is 17.7 Å². The Hall–Kier alpha value is -0.570. The van der Waals surface area contributed by atoms with E-state index in [1.54, 1.807) is 0 Å². The van der Waals surface area contributed by atoms with Gasteiger partial charge in [0, 0.05) is 18.5 Å². The molecule has 0 aromatic heterocycles. The lowest BCUT2D eigenvalue weighted by Crippen LogP contribution is -2.48. The molecule has 2 rings (SSSR count). The first-order chi connectivity index (χ1) is 8.07. The molecule has 1 saturated carbocycles. The minimum absolute atomic E-state index is 0.00233. The minimum Gasteiger partial charge on any atom is -0.342 e. The van der Waals surface area contributed by atoms with E-state index in [4.69, 9.17) is 5.73 Å². The number of likely N-dealkylation sites (tertiary alicyclic amines) is 1. The molecule has 98 valence electrons. The fraction of sp³-hybridized carbons (Fsp3) is 0.929. The highest BCUT2D eigenvalue weighted by Crippen LogP contribution is 2.47. The van der Waals surface area contributed by atoms with Gasteiger partial charge in [-0.3, -0.25) is 4.79 Å². The van der Waals surface area contributed by atoms with Crippen molar-refractivity contribution < 1.29 is 4.79 Å². The van der Waals surface area contributed by atoms with Crippen LogP contribution >= 0.6 is 0 Å². The van der Waals surface area contributed by atoms with Crippen LogP contribution in [0.5, 0.6) is 0 Å². The van der Waals surface area contributed by atoms with Crippen LogP contribution in [-0.4, -0.2) is 30.4 Å². The van der Waals surface area contributed by atoms with E-state index in [0.717, 1.165) is 45.3 Å². The van der Waals surface area contributed by atoms with Crippen LogP contribution in [0, 0.1) is 17.3 Å². The molecule has 3 heteroatoms. The van der Waals surface area contributed by atoms with Crippen molar-refractivity contribution in [3.8, 4) is 0 Å². The van der Waals surface area contributed by atoms with Gasteiger partial charge < -0.3 is 10.6 Å². The van der Waals surface area contributed by atoms with Crippen LogP contribution in [0.3, 0.4) is 0 Å². The zero-order chi connectivity index (χ0) is 12.5. The summed E-state index contributed by atoms with van der Waals surface area (Å²) in [4.78, 5) is 14.7. The van der Waals surface area contributed by atoms with Crippen molar-refractivity contribution >= 4 is 5.91 Å². The zero-order valence-electron chi connectivity index (χ0n) is 11.2. The molecule has 1 aliphatic carbocycles. The Labute approximate surface area is 105 Å². The van der Waals surface area contributed by atoms with E-state index in [-0.39, 0.29) is 5.41 Å². The van der Waals surface area contributed by atoms with Crippen molar-refractivity contribution in [3.63, 3.8) is 0 Å². The Morgan fingerprint density at radius 1 is 1.47 bits per heavy atom. The molecule has 1 saturated heterocycles. The van der Waals surface area contributed by atoms with Crippen molar-refractivity contribution in [3.05, 3.63) is 0 Å². The summed E-state index contributed by atoms with van der Waals surface area (Å²) in [5.74, 6) is 1.58. The van der Waals surface area contributed by atoms with Gasteiger partial charge in [-0.1, -0.05) is 20.3 Å². The number of hydrogen-bond acceptors (Lipinski definition) is 2. The van der Waals surface area contributed by atoms with Crippen LogP contribution < -0.4 is 5.73 Å². The average Bonchev–Trinajstić information content (AvgIpc) is 2.70. The summed E-state index contributed by atoms with van der Waals surface area (Å²) in [6.07, 6.45) is 5.60. The number of carbonyl (C=O) groups is 1. The van der Waals surface area contributed by atoms with Gasteiger partial charge in [0.1, 0.15) is 0 Å². The second-order valence-electron chi connectivity index (χ2n) is 6.37. The van der Waals surface area contributed by atoms with Gasteiger partial charge in [0.2, 0.25) is 5.91 Å². The Morgan fingerprint density at radius 3 is 2.59 bits per heavy atom. The molecule has 0 aromatic carbocycles. The Morgan fingerprint density at radius 2 is 2.18 bits per heavy atom. The number of rotatable bonds is 4. The van der Waals surface area contributed by atoms with Gasteiger partial charge in [-0.25, -0.2) is 0 Å². The molecule has 0 aromatic rings. The molecule has 1 unspecified atom stereocenters. The van der Waals surface area contributed by atoms with Crippen LogP contribution in [0.2, 0.25) is 0 Å². The third-order valence-electron chi connectivity index (χ3n) is 4.47. The summed E-state index contributed by atoms with van der Waals surface area (Å²) < 4.78 is 0. The normalized spacial score (nSPS) is 27.3. The summed E-state index contributed by atoms with van der Waals surface area (Å²) in [7, 11) is 0.